The van der Waals surface area contributed by atoms with E-state index in [0.717, 1.165) is 0 Å². The molecule has 2 heterocycles. The number of carboxylic acid groups (broad SMARTS) is 1. The molecule has 8 heteroatoms. The molecule has 0 aromatic carbocycles. The van der Waals surface area contributed by atoms with E-state index in [1.807, 2.05) is 0 Å². The molecule has 1 saturated heterocycles. The molecule has 19 heavy (non-hydrogen) atoms. The van der Waals surface area contributed by atoms with E-state index >= 15 is 0 Å². The number of hydrogen-bond acceptors (Lipinski definition) is 4. The lowest BCUT2D eigenvalue weighted by Gasteiger charge is -2.33. The summed E-state index contributed by atoms with van der Waals surface area (Å²) in [4.78, 5) is 38.6. The van der Waals surface area contributed by atoms with Crippen LogP contribution in [0, 0.1) is 5.41 Å². The fourth-order valence-electron chi connectivity index (χ4n) is 2.03. The Balaban J connectivity index is 2.01. The molecule has 0 radical (unpaired) electrons. The second-order valence-electron chi connectivity index (χ2n) is 4.54. The van der Waals surface area contributed by atoms with E-state index in [-0.39, 0.29) is 12.2 Å². The third kappa shape index (κ3) is 2.84. The molecule has 0 aliphatic carbocycles. The standard InChI is InChI=1S/C11H15N3O5/c15-8(7-5-12-10(18)14-7)13-6-11(9(16)17)1-3-19-4-2-11/h5H,1-4,6H2,(H,13,15)(H,16,17)(H2,12,14,18). The molecule has 1 aliphatic heterocycles. The summed E-state index contributed by atoms with van der Waals surface area (Å²) in [5, 5.41) is 11.8. The van der Waals surface area contributed by atoms with Gasteiger partial charge in [-0.1, -0.05) is 0 Å². The minimum absolute atomic E-state index is 0.0116. The van der Waals surface area contributed by atoms with Crippen molar-refractivity contribution in [3.63, 3.8) is 0 Å². The van der Waals surface area contributed by atoms with E-state index in [1.165, 1.54) is 6.20 Å². The second kappa shape index (κ2) is 5.27. The first-order valence-electron chi connectivity index (χ1n) is 5.90. The molecule has 0 saturated carbocycles. The maximum atomic E-state index is 11.7. The zero-order valence-electron chi connectivity index (χ0n) is 10.2. The number of carboxylic acids is 1. The van der Waals surface area contributed by atoms with Crippen LogP contribution in [0.3, 0.4) is 0 Å². The molecule has 8 nitrogen and oxygen atoms in total. The highest BCUT2D eigenvalue weighted by atomic mass is 16.5. The number of hydrogen-bond donors (Lipinski definition) is 4. The highest BCUT2D eigenvalue weighted by molar-refractivity contribution is 5.92. The fraction of sp³-hybridized carbons (Fsp3) is 0.545. The van der Waals surface area contributed by atoms with Crippen LogP contribution in [-0.4, -0.2) is 46.7 Å². The van der Waals surface area contributed by atoms with Crippen molar-refractivity contribution < 1.29 is 19.4 Å². The van der Waals surface area contributed by atoms with Crippen molar-refractivity contribution in [3.05, 3.63) is 22.4 Å². The number of H-pyrrole nitrogens is 2. The molecule has 104 valence electrons. The van der Waals surface area contributed by atoms with Crippen molar-refractivity contribution in [2.45, 2.75) is 12.8 Å². The molecule has 1 fully saturated rings. The highest BCUT2D eigenvalue weighted by Gasteiger charge is 2.40. The minimum Gasteiger partial charge on any atom is -0.481 e. The van der Waals surface area contributed by atoms with Gasteiger partial charge in [0.25, 0.3) is 5.91 Å². The monoisotopic (exact) mass is 269 g/mol. The summed E-state index contributed by atoms with van der Waals surface area (Å²) < 4.78 is 5.14. The molecular formula is C11H15N3O5. The Morgan fingerprint density at radius 1 is 1.42 bits per heavy atom. The van der Waals surface area contributed by atoms with Crippen LogP contribution in [0.25, 0.3) is 0 Å². The summed E-state index contributed by atoms with van der Waals surface area (Å²) >= 11 is 0. The van der Waals surface area contributed by atoms with Gasteiger partial charge in [-0.3, -0.25) is 9.59 Å². The summed E-state index contributed by atoms with van der Waals surface area (Å²) in [7, 11) is 0. The number of imidazole rings is 1. The summed E-state index contributed by atoms with van der Waals surface area (Å²) in [5.74, 6) is -1.45. The van der Waals surface area contributed by atoms with Crippen molar-refractivity contribution in [2.75, 3.05) is 19.8 Å². The first-order chi connectivity index (χ1) is 9.03. The smallest absolute Gasteiger partial charge is 0.323 e. The van der Waals surface area contributed by atoms with Gasteiger partial charge >= 0.3 is 11.7 Å². The average molecular weight is 269 g/mol. The van der Waals surface area contributed by atoms with E-state index < -0.39 is 23.0 Å². The molecule has 1 aromatic rings. The number of aromatic amines is 2. The van der Waals surface area contributed by atoms with E-state index in [0.29, 0.717) is 26.1 Å². The summed E-state index contributed by atoms with van der Waals surface area (Å²) in [6.07, 6.45) is 1.95. The number of aliphatic carboxylic acids is 1. The molecule has 0 atom stereocenters. The molecule has 1 aromatic heterocycles. The first-order valence-corrected chi connectivity index (χ1v) is 5.90. The largest absolute Gasteiger partial charge is 0.481 e. The molecule has 2 rings (SSSR count). The zero-order chi connectivity index (χ0) is 13.9. The number of aromatic nitrogens is 2. The predicted molar refractivity (Wildman–Crippen MR) is 63.9 cm³/mol. The molecule has 1 aliphatic rings. The molecule has 1 amide bonds. The third-order valence-electron chi connectivity index (χ3n) is 3.33. The lowest BCUT2D eigenvalue weighted by Crippen LogP contribution is -2.46. The van der Waals surface area contributed by atoms with Crippen LogP contribution in [0.2, 0.25) is 0 Å². The summed E-state index contributed by atoms with van der Waals surface area (Å²) in [5.41, 5.74) is -1.40. The molecule has 4 N–H and O–H groups in total. The number of carbonyl (C=O) groups is 2. The maximum absolute atomic E-state index is 11.7. The van der Waals surface area contributed by atoms with E-state index in [1.54, 1.807) is 0 Å². The van der Waals surface area contributed by atoms with Crippen molar-refractivity contribution >= 4 is 11.9 Å². The van der Waals surface area contributed by atoms with Crippen LogP contribution >= 0.6 is 0 Å². The Kier molecular flexibility index (Phi) is 3.70. The van der Waals surface area contributed by atoms with E-state index in [9.17, 15) is 19.5 Å². The van der Waals surface area contributed by atoms with Gasteiger partial charge in [-0.2, -0.15) is 0 Å². The van der Waals surface area contributed by atoms with Gasteiger partial charge < -0.3 is 25.1 Å². The Morgan fingerprint density at radius 3 is 2.63 bits per heavy atom. The van der Waals surface area contributed by atoms with Crippen molar-refractivity contribution in [3.8, 4) is 0 Å². The van der Waals surface area contributed by atoms with Gasteiger partial charge in [0.2, 0.25) is 0 Å². The topological polar surface area (TPSA) is 124 Å². The van der Waals surface area contributed by atoms with Gasteiger partial charge in [-0.15, -0.1) is 0 Å². The highest BCUT2D eigenvalue weighted by Crippen LogP contribution is 2.30. The normalized spacial score (nSPS) is 17.9. The van der Waals surface area contributed by atoms with Crippen LogP contribution in [0.1, 0.15) is 23.3 Å². The van der Waals surface area contributed by atoms with Gasteiger partial charge in [-0.25, -0.2) is 4.79 Å². The molecule has 0 bridgehead atoms. The van der Waals surface area contributed by atoms with Crippen LogP contribution in [-0.2, 0) is 9.53 Å². The Morgan fingerprint density at radius 2 is 2.11 bits per heavy atom. The predicted octanol–water partition coefficient (Wildman–Crippen LogP) is -0.686. The van der Waals surface area contributed by atoms with E-state index in [4.69, 9.17) is 4.74 Å². The molecule has 0 unspecified atom stereocenters. The van der Waals surface area contributed by atoms with Crippen LogP contribution in [0.15, 0.2) is 11.0 Å². The molecule has 0 spiro atoms. The number of rotatable bonds is 4. The van der Waals surface area contributed by atoms with Crippen molar-refractivity contribution in [1.82, 2.24) is 15.3 Å². The van der Waals surface area contributed by atoms with Gasteiger partial charge in [0, 0.05) is 26.0 Å². The Bertz CT molecular complexity index is 526. The van der Waals surface area contributed by atoms with Gasteiger partial charge in [0.1, 0.15) is 5.69 Å². The van der Waals surface area contributed by atoms with Gasteiger partial charge in [-0.05, 0) is 12.8 Å². The van der Waals surface area contributed by atoms with Gasteiger partial charge in [0.15, 0.2) is 0 Å². The Hall–Kier alpha value is -2.09. The number of ether oxygens (including phenoxy) is 1. The summed E-state index contributed by atoms with van der Waals surface area (Å²) in [6, 6.07) is 0. The second-order valence-corrected chi connectivity index (χ2v) is 4.54. The van der Waals surface area contributed by atoms with Crippen LogP contribution in [0.4, 0.5) is 0 Å². The van der Waals surface area contributed by atoms with Crippen molar-refractivity contribution in [1.29, 1.82) is 0 Å². The number of carbonyl (C=O) groups excluding carboxylic acids is 1. The number of nitrogens with one attached hydrogen (secondary N) is 3. The lowest BCUT2D eigenvalue weighted by atomic mass is 9.80. The summed E-state index contributed by atoms with van der Waals surface area (Å²) in [6.45, 7) is 0.740. The lowest BCUT2D eigenvalue weighted by molar-refractivity contribution is -0.154. The van der Waals surface area contributed by atoms with Gasteiger partial charge in [0.05, 0.1) is 5.41 Å². The van der Waals surface area contributed by atoms with Crippen molar-refractivity contribution in [2.24, 2.45) is 5.41 Å². The third-order valence-corrected chi connectivity index (χ3v) is 3.33. The van der Waals surface area contributed by atoms with Crippen LogP contribution < -0.4 is 11.0 Å². The molecular weight excluding hydrogens is 254 g/mol. The quantitative estimate of drug-likeness (QED) is 0.576. The maximum Gasteiger partial charge on any atom is 0.323 e. The first kappa shape index (κ1) is 13.3. The van der Waals surface area contributed by atoms with Crippen LogP contribution in [0.5, 0.6) is 0 Å². The fourth-order valence-corrected chi connectivity index (χ4v) is 2.03. The Labute approximate surface area is 108 Å². The zero-order valence-corrected chi connectivity index (χ0v) is 10.2. The average Bonchev–Trinajstić information content (AvgIpc) is 2.83. The van der Waals surface area contributed by atoms with E-state index in [2.05, 4.69) is 15.3 Å². The SMILES string of the molecule is O=C(NCC1(C(=O)O)CCOCC1)c1c[nH]c(=O)[nH]1. The minimum atomic E-state index is -0.996. The number of amides is 1.